The fourth-order valence-corrected chi connectivity index (χ4v) is 12.8. The van der Waals surface area contributed by atoms with Gasteiger partial charge in [0.1, 0.15) is 15.9 Å². The Balaban J connectivity index is 1.26. The van der Waals surface area contributed by atoms with E-state index in [1.165, 1.54) is 93.7 Å². The Bertz CT molecular complexity index is 1580. The predicted octanol–water partition coefficient (Wildman–Crippen LogP) is 9.77. The molecule has 2 aromatic carbocycles. The average Bonchev–Trinajstić information content (AvgIpc) is 3.87. The van der Waals surface area contributed by atoms with E-state index < -0.39 is 10.1 Å². The average molecular weight is 644 g/mol. The molecule has 6 heteroatoms. The second-order valence-corrected chi connectivity index (χ2v) is 18.3. The molecule has 2 aromatic rings. The third-order valence-electron chi connectivity index (χ3n) is 13.7. The lowest BCUT2D eigenvalue weighted by Crippen LogP contribution is -2.23. The zero-order valence-electron chi connectivity index (χ0n) is 28.1. The summed E-state index contributed by atoms with van der Waals surface area (Å²) < 4.78 is 43.8. The van der Waals surface area contributed by atoms with Crippen molar-refractivity contribution in [2.75, 3.05) is 0 Å². The Morgan fingerprint density at radius 1 is 0.674 bits per heavy atom. The van der Waals surface area contributed by atoms with Crippen LogP contribution in [-0.2, 0) is 10.1 Å². The Kier molecular flexibility index (Phi) is 7.75. The van der Waals surface area contributed by atoms with Gasteiger partial charge in [0.2, 0.25) is 0 Å². The first-order valence-electron chi connectivity index (χ1n) is 18.5. The highest BCUT2D eigenvalue weighted by molar-refractivity contribution is 7.85. The van der Waals surface area contributed by atoms with E-state index in [2.05, 4.69) is 12.1 Å². The molecule has 248 valence electrons. The number of esters is 1. The first kappa shape index (κ1) is 31.1. The van der Waals surface area contributed by atoms with Crippen LogP contribution in [0.4, 0.5) is 0 Å². The zero-order valence-corrected chi connectivity index (χ0v) is 28.9. The molecule has 46 heavy (non-hydrogen) atoms. The third-order valence-corrected chi connectivity index (χ3v) is 14.7. The van der Waals surface area contributed by atoms with E-state index in [4.69, 9.17) is 4.74 Å². The van der Waals surface area contributed by atoms with E-state index in [1.807, 2.05) is 27.7 Å². The van der Waals surface area contributed by atoms with E-state index in [9.17, 15) is 17.8 Å². The van der Waals surface area contributed by atoms with Gasteiger partial charge in [-0.3, -0.25) is 0 Å². The number of carbonyl (C=O) groups excluding carboxylic acids is 1. The highest BCUT2D eigenvalue weighted by Gasteiger charge is 2.47. The van der Waals surface area contributed by atoms with Crippen LogP contribution in [0.25, 0.3) is 0 Å². The van der Waals surface area contributed by atoms with Gasteiger partial charge < -0.3 is 9.29 Å². The molecule has 0 saturated heterocycles. The van der Waals surface area contributed by atoms with Crippen LogP contribution in [0, 0.1) is 35.5 Å². The zero-order chi connectivity index (χ0) is 32.1. The molecule has 8 rings (SSSR count). The van der Waals surface area contributed by atoms with Gasteiger partial charge in [-0.2, -0.15) is 0 Å². The summed E-state index contributed by atoms with van der Waals surface area (Å²) in [6.07, 6.45) is 15.4. The van der Waals surface area contributed by atoms with Gasteiger partial charge in [-0.1, -0.05) is 59.1 Å². The van der Waals surface area contributed by atoms with Crippen LogP contribution in [0.1, 0.15) is 173 Å². The van der Waals surface area contributed by atoms with Crippen LogP contribution in [0.15, 0.2) is 29.2 Å². The van der Waals surface area contributed by atoms with Gasteiger partial charge in [-0.25, -0.2) is 13.2 Å². The van der Waals surface area contributed by atoms with Crippen LogP contribution < -0.4 is 4.74 Å². The van der Waals surface area contributed by atoms with Crippen LogP contribution in [0.3, 0.4) is 0 Å². The summed E-state index contributed by atoms with van der Waals surface area (Å²) in [5, 5.41) is 0. The predicted molar refractivity (Wildman–Crippen MR) is 179 cm³/mol. The number of hydrogen-bond donors (Lipinski definition) is 0. The van der Waals surface area contributed by atoms with Crippen molar-refractivity contribution in [3.05, 3.63) is 57.6 Å². The molecule has 0 aromatic heterocycles. The minimum absolute atomic E-state index is 0.155. The van der Waals surface area contributed by atoms with Crippen molar-refractivity contribution in [2.45, 2.75) is 139 Å². The topological polar surface area (TPSA) is 83.5 Å². The molecule has 0 amide bonds. The first-order chi connectivity index (χ1) is 21.9. The Morgan fingerprint density at radius 2 is 1.11 bits per heavy atom. The Hall–Kier alpha value is -2.18. The number of hydrogen-bond acceptors (Lipinski definition) is 5. The molecule has 5 nitrogen and oxygen atoms in total. The molecular weight excluding hydrogens is 593 g/mol. The molecule has 6 aliphatic rings. The number of carbonyl (C=O) groups is 1. The minimum Gasteiger partial charge on any atom is -0.744 e. The Labute approximate surface area is 276 Å². The third kappa shape index (κ3) is 5.29. The second-order valence-electron chi connectivity index (χ2n) is 17.0. The lowest BCUT2D eigenvalue weighted by atomic mass is 9.72. The summed E-state index contributed by atoms with van der Waals surface area (Å²) in [5.41, 5.74) is 5.67. The van der Waals surface area contributed by atoms with Crippen molar-refractivity contribution < 1.29 is 22.5 Å². The molecule has 9 unspecified atom stereocenters. The van der Waals surface area contributed by atoms with E-state index in [0.29, 0.717) is 46.5 Å². The minimum atomic E-state index is -4.70. The van der Waals surface area contributed by atoms with Crippen LogP contribution >= 0.6 is 0 Å². The fourth-order valence-electron chi connectivity index (χ4n) is 11.7. The summed E-state index contributed by atoms with van der Waals surface area (Å²) >= 11 is 0. The summed E-state index contributed by atoms with van der Waals surface area (Å²) in [6.45, 7) is 7.53. The van der Waals surface area contributed by atoms with Crippen LogP contribution in [-0.4, -0.2) is 18.9 Å². The summed E-state index contributed by atoms with van der Waals surface area (Å²) in [6, 6.07) is 8.21. The molecule has 6 fully saturated rings. The number of rotatable bonds is 8. The van der Waals surface area contributed by atoms with Gasteiger partial charge in [-0.15, -0.1) is 0 Å². The fraction of sp³-hybridized carbons (Fsp3) is 0.675. The largest absolute Gasteiger partial charge is 0.744 e. The summed E-state index contributed by atoms with van der Waals surface area (Å²) in [5.74, 6) is 5.49. The summed E-state index contributed by atoms with van der Waals surface area (Å²) in [4.78, 5) is 14.6. The van der Waals surface area contributed by atoms with Crippen LogP contribution in [0.5, 0.6) is 5.75 Å². The van der Waals surface area contributed by atoms with Gasteiger partial charge in [0.15, 0.2) is 0 Å². The van der Waals surface area contributed by atoms with Crippen molar-refractivity contribution in [1.82, 2.24) is 0 Å². The van der Waals surface area contributed by atoms with Gasteiger partial charge in [-0.05, 0) is 163 Å². The van der Waals surface area contributed by atoms with Gasteiger partial charge in [0.05, 0.1) is 10.5 Å². The normalized spacial score (nSPS) is 34.5. The maximum atomic E-state index is 14.8. The molecule has 0 heterocycles. The first-order valence-corrected chi connectivity index (χ1v) is 19.9. The molecule has 6 aliphatic carbocycles. The van der Waals surface area contributed by atoms with Crippen molar-refractivity contribution in [3.8, 4) is 5.75 Å². The molecule has 0 spiro atoms. The van der Waals surface area contributed by atoms with Gasteiger partial charge in [0, 0.05) is 0 Å². The van der Waals surface area contributed by atoms with E-state index in [-0.39, 0.29) is 22.7 Å². The smallest absolute Gasteiger partial charge is 0.344 e. The SMILES string of the molecule is CC(C)c1cc(OC(=O)c2c(C3CC4CCC3C4)cc(C3CC4CCC3C4)cc2C2CC3CCC2C3)cc(C(C)C)c1S(=O)(=O)[O-]. The standard InChI is InChI=1S/C40H52O5S/c1-21(2)31-19-30(20-32(22(3)4)39(31)46(42,43)44)45-40(41)38-36(34-15-24-6-9-27(34)12-24)17-29(33-14-23-5-8-26(33)11-23)18-37(38)35-16-25-7-10-28(35)13-25/h17-28,33-35H,5-16H2,1-4H3,(H,42,43,44)/p-1. The van der Waals surface area contributed by atoms with Gasteiger partial charge >= 0.3 is 5.97 Å². The highest BCUT2D eigenvalue weighted by Crippen LogP contribution is 2.59. The Morgan fingerprint density at radius 3 is 1.46 bits per heavy atom. The molecule has 6 bridgehead atoms. The maximum absolute atomic E-state index is 14.8. The van der Waals surface area contributed by atoms with E-state index in [0.717, 1.165) is 29.2 Å². The van der Waals surface area contributed by atoms with Crippen LogP contribution in [0.2, 0.25) is 0 Å². The van der Waals surface area contributed by atoms with Gasteiger partial charge in [0.25, 0.3) is 0 Å². The van der Waals surface area contributed by atoms with Crippen molar-refractivity contribution in [1.29, 1.82) is 0 Å². The monoisotopic (exact) mass is 643 g/mol. The molecule has 0 aliphatic heterocycles. The van der Waals surface area contributed by atoms with Crippen molar-refractivity contribution >= 4 is 16.1 Å². The lowest BCUT2D eigenvalue weighted by molar-refractivity contribution is 0.0729. The maximum Gasteiger partial charge on any atom is 0.344 e. The molecule has 0 N–H and O–H groups in total. The highest BCUT2D eigenvalue weighted by atomic mass is 32.2. The van der Waals surface area contributed by atoms with Crippen molar-refractivity contribution in [2.24, 2.45) is 35.5 Å². The lowest BCUT2D eigenvalue weighted by Gasteiger charge is -2.32. The van der Waals surface area contributed by atoms with Crippen molar-refractivity contribution in [3.63, 3.8) is 0 Å². The quantitative estimate of drug-likeness (QED) is 0.162. The second kappa shape index (κ2) is 11.5. The molecular formula is C40H51O5S-. The number of ether oxygens (including phenoxy) is 1. The molecule has 0 radical (unpaired) electrons. The summed E-state index contributed by atoms with van der Waals surface area (Å²) in [7, 11) is -4.70. The molecule has 9 atom stereocenters. The van der Waals surface area contributed by atoms with E-state index >= 15 is 0 Å². The number of benzene rings is 2. The number of fused-ring (bicyclic) bond motifs is 6. The van der Waals surface area contributed by atoms with E-state index in [1.54, 1.807) is 12.1 Å². The molecule has 6 saturated carbocycles.